The van der Waals surface area contributed by atoms with Crippen LogP contribution in [-0.2, 0) is 0 Å². The summed E-state index contributed by atoms with van der Waals surface area (Å²) in [5.41, 5.74) is 0.988. The van der Waals surface area contributed by atoms with Gasteiger partial charge in [0.25, 0.3) is 0 Å². The first-order chi connectivity index (χ1) is 8.84. The van der Waals surface area contributed by atoms with E-state index >= 15 is 0 Å². The molecule has 2 aromatic heterocycles. The van der Waals surface area contributed by atoms with Crippen molar-refractivity contribution < 1.29 is 5.11 Å². The van der Waals surface area contributed by atoms with Crippen molar-refractivity contribution in [3.8, 4) is 0 Å². The Morgan fingerprint density at radius 3 is 3.11 bits per heavy atom. The first kappa shape index (κ1) is 11.9. The van der Waals surface area contributed by atoms with Crippen LogP contribution in [0.1, 0.15) is 25.7 Å². The molecule has 0 radical (unpaired) electrons. The van der Waals surface area contributed by atoms with Crippen molar-refractivity contribution in [1.29, 1.82) is 0 Å². The van der Waals surface area contributed by atoms with Crippen LogP contribution in [-0.4, -0.2) is 27.7 Å². The SMILES string of the molecule is OC1CCCCC1CNc1ncnc2ccsc12. The second-order valence-corrected chi connectivity index (χ2v) is 5.77. The number of fused-ring (bicyclic) bond motifs is 1. The fourth-order valence-electron chi connectivity index (χ4n) is 2.57. The molecule has 0 amide bonds. The van der Waals surface area contributed by atoms with Crippen LogP contribution >= 0.6 is 11.3 Å². The highest BCUT2D eigenvalue weighted by atomic mass is 32.1. The Labute approximate surface area is 110 Å². The van der Waals surface area contributed by atoms with Gasteiger partial charge < -0.3 is 10.4 Å². The average molecular weight is 263 g/mol. The summed E-state index contributed by atoms with van der Waals surface area (Å²) >= 11 is 1.65. The summed E-state index contributed by atoms with van der Waals surface area (Å²) < 4.78 is 1.10. The van der Waals surface area contributed by atoms with Gasteiger partial charge in [0, 0.05) is 12.5 Å². The van der Waals surface area contributed by atoms with Crippen LogP contribution < -0.4 is 5.32 Å². The van der Waals surface area contributed by atoms with E-state index in [1.54, 1.807) is 17.7 Å². The number of nitrogens with zero attached hydrogens (tertiary/aromatic N) is 2. The molecule has 0 spiro atoms. The lowest BCUT2D eigenvalue weighted by Crippen LogP contribution is -2.30. The predicted octanol–water partition coefficient (Wildman–Crippen LogP) is 2.65. The number of hydrogen-bond acceptors (Lipinski definition) is 5. The molecule has 1 aliphatic carbocycles. The van der Waals surface area contributed by atoms with Gasteiger partial charge >= 0.3 is 0 Å². The molecular formula is C13H17N3OS. The number of aliphatic hydroxyl groups excluding tert-OH is 1. The van der Waals surface area contributed by atoms with Crippen LogP contribution in [0.4, 0.5) is 5.82 Å². The Morgan fingerprint density at radius 1 is 1.33 bits per heavy atom. The van der Waals surface area contributed by atoms with Crippen molar-refractivity contribution in [3.63, 3.8) is 0 Å². The second-order valence-electron chi connectivity index (χ2n) is 4.85. The lowest BCUT2D eigenvalue weighted by atomic mass is 9.86. The van der Waals surface area contributed by atoms with Gasteiger partial charge in [0.05, 0.1) is 16.3 Å². The molecule has 2 aromatic rings. The lowest BCUT2D eigenvalue weighted by Gasteiger charge is -2.27. The van der Waals surface area contributed by atoms with Crippen LogP contribution in [0.25, 0.3) is 10.2 Å². The predicted molar refractivity (Wildman–Crippen MR) is 73.9 cm³/mol. The topological polar surface area (TPSA) is 58.0 Å². The molecule has 1 fully saturated rings. The molecule has 0 aromatic carbocycles. The summed E-state index contributed by atoms with van der Waals surface area (Å²) in [5, 5.41) is 15.4. The Hall–Kier alpha value is -1.20. The number of aromatic nitrogens is 2. The standard InChI is InChI=1S/C13H17N3OS/c17-11-4-2-1-3-9(11)7-14-13-12-10(5-6-18-12)15-8-16-13/h5-6,8-9,11,17H,1-4,7H2,(H,14,15,16). The van der Waals surface area contributed by atoms with Gasteiger partial charge in [-0.2, -0.15) is 0 Å². The van der Waals surface area contributed by atoms with E-state index in [9.17, 15) is 5.11 Å². The number of anilines is 1. The molecule has 0 saturated heterocycles. The molecular weight excluding hydrogens is 246 g/mol. The van der Waals surface area contributed by atoms with Crippen molar-refractivity contribution in [2.75, 3.05) is 11.9 Å². The van der Waals surface area contributed by atoms with Crippen molar-refractivity contribution >= 4 is 27.4 Å². The molecule has 1 saturated carbocycles. The minimum absolute atomic E-state index is 0.160. The summed E-state index contributed by atoms with van der Waals surface area (Å²) in [5.74, 6) is 1.25. The van der Waals surface area contributed by atoms with Gasteiger partial charge in [-0.05, 0) is 24.3 Å². The molecule has 96 valence electrons. The molecule has 2 heterocycles. The zero-order chi connectivity index (χ0) is 12.4. The Bertz CT molecular complexity index is 528. The van der Waals surface area contributed by atoms with E-state index in [1.165, 1.54) is 6.42 Å². The van der Waals surface area contributed by atoms with Crippen molar-refractivity contribution in [2.24, 2.45) is 5.92 Å². The van der Waals surface area contributed by atoms with E-state index in [-0.39, 0.29) is 6.10 Å². The van der Waals surface area contributed by atoms with Crippen molar-refractivity contribution in [3.05, 3.63) is 17.8 Å². The van der Waals surface area contributed by atoms with Crippen molar-refractivity contribution in [2.45, 2.75) is 31.8 Å². The minimum atomic E-state index is -0.160. The molecule has 18 heavy (non-hydrogen) atoms. The Morgan fingerprint density at radius 2 is 2.22 bits per heavy atom. The Kier molecular flexibility index (Phi) is 3.43. The third-order valence-corrected chi connectivity index (χ3v) is 4.55. The zero-order valence-electron chi connectivity index (χ0n) is 10.2. The summed E-state index contributed by atoms with van der Waals surface area (Å²) in [7, 11) is 0. The molecule has 5 heteroatoms. The van der Waals surface area contributed by atoms with Gasteiger partial charge in [-0.3, -0.25) is 0 Å². The lowest BCUT2D eigenvalue weighted by molar-refractivity contribution is 0.0763. The number of thiophene rings is 1. The summed E-state index contributed by atoms with van der Waals surface area (Å²) in [6.07, 6.45) is 5.85. The Balaban J connectivity index is 1.71. The highest BCUT2D eigenvalue weighted by Gasteiger charge is 2.22. The van der Waals surface area contributed by atoms with E-state index in [2.05, 4.69) is 15.3 Å². The number of rotatable bonds is 3. The van der Waals surface area contributed by atoms with Crippen LogP contribution in [0.2, 0.25) is 0 Å². The van der Waals surface area contributed by atoms with E-state index in [0.717, 1.165) is 41.8 Å². The van der Waals surface area contributed by atoms with Gasteiger partial charge in [-0.15, -0.1) is 11.3 Å². The fraction of sp³-hybridized carbons (Fsp3) is 0.538. The smallest absolute Gasteiger partial charge is 0.147 e. The molecule has 0 bridgehead atoms. The summed E-state index contributed by atoms with van der Waals surface area (Å²) in [6, 6.07) is 2.00. The largest absolute Gasteiger partial charge is 0.393 e. The minimum Gasteiger partial charge on any atom is -0.393 e. The van der Waals surface area contributed by atoms with E-state index < -0.39 is 0 Å². The highest BCUT2D eigenvalue weighted by molar-refractivity contribution is 7.17. The summed E-state index contributed by atoms with van der Waals surface area (Å²) in [6.45, 7) is 0.797. The maximum atomic E-state index is 9.95. The average Bonchev–Trinajstić information content (AvgIpc) is 2.86. The number of hydrogen-bond donors (Lipinski definition) is 2. The first-order valence-corrected chi connectivity index (χ1v) is 7.32. The van der Waals surface area contributed by atoms with Gasteiger partial charge in [-0.1, -0.05) is 12.8 Å². The first-order valence-electron chi connectivity index (χ1n) is 6.45. The third kappa shape index (κ3) is 2.33. The van der Waals surface area contributed by atoms with E-state index in [0.29, 0.717) is 5.92 Å². The molecule has 2 unspecified atom stereocenters. The number of nitrogens with one attached hydrogen (secondary N) is 1. The quantitative estimate of drug-likeness (QED) is 0.894. The molecule has 2 atom stereocenters. The van der Waals surface area contributed by atoms with Crippen LogP contribution in [0.15, 0.2) is 17.8 Å². The van der Waals surface area contributed by atoms with E-state index in [4.69, 9.17) is 0 Å². The third-order valence-electron chi connectivity index (χ3n) is 3.64. The van der Waals surface area contributed by atoms with Crippen LogP contribution in [0.5, 0.6) is 0 Å². The maximum absolute atomic E-state index is 9.95. The van der Waals surface area contributed by atoms with Gasteiger partial charge in [0.2, 0.25) is 0 Å². The van der Waals surface area contributed by atoms with Crippen LogP contribution in [0.3, 0.4) is 0 Å². The van der Waals surface area contributed by atoms with Crippen molar-refractivity contribution in [1.82, 2.24) is 9.97 Å². The second kappa shape index (κ2) is 5.20. The van der Waals surface area contributed by atoms with Crippen LogP contribution in [0, 0.1) is 5.92 Å². The monoisotopic (exact) mass is 263 g/mol. The zero-order valence-corrected chi connectivity index (χ0v) is 11.0. The van der Waals surface area contributed by atoms with Gasteiger partial charge in [0.15, 0.2) is 0 Å². The maximum Gasteiger partial charge on any atom is 0.147 e. The normalized spacial score (nSPS) is 24.3. The number of aliphatic hydroxyl groups is 1. The van der Waals surface area contributed by atoms with Gasteiger partial charge in [0.1, 0.15) is 12.1 Å². The molecule has 3 rings (SSSR count). The summed E-state index contributed by atoms with van der Waals surface area (Å²) in [4.78, 5) is 8.52. The molecule has 4 nitrogen and oxygen atoms in total. The fourth-order valence-corrected chi connectivity index (χ4v) is 3.38. The molecule has 0 aliphatic heterocycles. The highest BCUT2D eigenvalue weighted by Crippen LogP contribution is 2.27. The van der Waals surface area contributed by atoms with E-state index in [1.807, 2.05) is 11.4 Å². The van der Waals surface area contributed by atoms with Gasteiger partial charge in [-0.25, -0.2) is 9.97 Å². The molecule has 1 aliphatic rings. The molecule has 2 N–H and O–H groups in total.